The molecule has 0 saturated heterocycles. The molecule has 2 aromatic rings. The Kier molecular flexibility index (Phi) is 4.06. The zero-order valence-electron chi connectivity index (χ0n) is 12.3. The summed E-state index contributed by atoms with van der Waals surface area (Å²) < 4.78 is 2.15. The van der Waals surface area contributed by atoms with E-state index in [9.17, 15) is 0 Å². The molecule has 0 radical (unpaired) electrons. The van der Waals surface area contributed by atoms with Gasteiger partial charge in [0.15, 0.2) is 5.82 Å². The molecule has 21 heavy (non-hydrogen) atoms. The fourth-order valence-electron chi connectivity index (χ4n) is 2.46. The van der Waals surface area contributed by atoms with Gasteiger partial charge in [-0.05, 0) is 65.9 Å². The van der Waals surface area contributed by atoms with E-state index < -0.39 is 0 Å². The highest BCUT2D eigenvalue weighted by atomic mass is 79.9. The fraction of sp³-hybridized carbons (Fsp3) is 0.375. The average molecular weight is 411 g/mol. The van der Waals surface area contributed by atoms with Crippen molar-refractivity contribution in [3.8, 4) is 11.4 Å². The van der Waals surface area contributed by atoms with Crippen molar-refractivity contribution in [1.82, 2.24) is 9.97 Å². The maximum atomic E-state index is 4.81. The molecule has 1 aliphatic rings. The van der Waals surface area contributed by atoms with Crippen LogP contribution in [0.4, 0.5) is 5.82 Å². The van der Waals surface area contributed by atoms with E-state index in [1.54, 1.807) is 0 Å². The van der Waals surface area contributed by atoms with Gasteiger partial charge in [-0.1, -0.05) is 15.9 Å². The van der Waals surface area contributed by atoms with Gasteiger partial charge in [0, 0.05) is 23.0 Å². The van der Waals surface area contributed by atoms with Gasteiger partial charge in [-0.2, -0.15) is 0 Å². The van der Waals surface area contributed by atoms with E-state index in [1.165, 1.54) is 24.0 Å². The molecule has 1 aliphatic carbocycles. The van der Waals surface area contributed by atoms with E-state index in [4.69, 9.17) is 4.98 Å². The van der Waals surface area contributed by atoms with Crippen molar-refractivity contribution in [2.75, 3.05) is 12.4 Å². The lowest BCUT2D eigenvalue weighted by Gasteiger charge is -2.12. The molecule has 3 nitrogen and oxygen atoms in total. The molecule has 110 valence electrons. The Morgan fingerprint density at radius 2 is 1.67 bits per heavy atom. The quantitative estimate of drug-likeness (QED) is 0.754. The molecule has 1 fully saturated rings. The number of aromatic nitrogens is 2. The second-order valence-corrected chi connectivity index (χ2v) is 7.13. The Morgan fingerprint density at radius 1 is 1.05 bits per heavy atom. The number of rotatable bonds is 3. The van der Waals surface area contributed by atoms with Crippen LogP contribution in [0.15, 0.2) is 21.1 Å². The van der Waals surface area contributed by atoms with Gasteiger partial charge in [-0.15, -0.1) is 0 Å². The van der Waals surface area contributed by atoms with E-state index in [-0.39, 0.29) is 0 Å². The molecular weight excluding hydrogens is 394 g/mol. The molecule has 0 amide bonds. The summed E-state index contributed by atoms with van der Waals surface area (Å²) in [6, 6.07) is 4.27. The number of hydrogen-bond acceptors (Lipinski definition) is 3. The Morgan fingerprint density at radius 3 is 2.19 bits per heavy atom. The minimum absolute atomic E-state index is 0.575. The van der Waals surface area contributed by atoms with Crippen LogP contribution in [0, 0.1) is 13.8 Å². The summed E-state index contributed by atoms with van der Waals surface area (Å²) in [5.41, 5.74) is 4.60. The molecule has 3 rings (SSSR count). The minimum atomic E-state index is 0.575. The summed E-state index contributed by atoms with van der Waals surface area (Å²) in [7, 11) is 1.89. The number of hydrogen-bond donors (Lipinski definition) is 1. The van der Waals surface area contributed by atoms with Crippen molar-refractivity contribution < 1.29 is 0 Å². The lowest BCUT2D eigenvalue weighted by molar-refractivity contribution is 0.979. The topological polar surface area (TPSA) is 37.8 Å². The highest BCUT2D eigenvalue weighted by Gasteiger charge is 2.29. The summed E-state index contributed by atoms with van der Waals surface area (Å²) in [4.78, 5) is 9.47. The minimum Gasteiger partial charge on any atom is -0.372 e. The van der Waals surface area contributed by atoms with Gasteiger partial charge < -0.3 is 5.32 Å². The first-order valence-electron chi connectivity index (χ1n) is 7.03. The standard InChI is InChI=1S/C16H17Br2N3/c1-8-6-11(7-9(2)12(8)17)15-20-14(10-4-5-10)13(18)16(19-3)21-15/h6-7,10H,4-5H2,1-3H3,(H,19,20,21). The van der Waals surface area contributed by atoms with Gasteiger partial charge in [-0.3, -0.25) is 0 Å². The molecule has 0 spiro atoms. The molecule has 0 aliphatic heterocycles. The third kappa shape index (κ3) is 2.86. The van der Waals surface area contributed by atoms with Crippen molar-refractivity contribution >= 4 is 37.7 Å². The van der Waals surface area contributed by atoms with Crippen LogP contribution in [-0.2, 0) is 0 Å². The zero-order valence-corrected chi connectivity index (χ0v) is 15.5. The molecular formula is C16H17Br2N3. The smallest absolute Gasteiger partial charge is 0.161 e. The van der Waals surface area contributed by atoms with Crippen LogP contribution in [-0.4, -0.2) is 17.0 Å². The average Bonchev–Trinajstić information content (AvgIpc) is 3.29. The summed E-state index contributed by atoms with van der Waals surface area (Å²) in [6.07, 6.45) is 2.44. The van der Waals surface area contributed by atoms with Crippen molar-refractivity contribution in [2.24, 2.45) is 0 Å². The third-order valence-electron chi connectivity index (χ3n) is 3.77. The van der Waals surface area contributed by atoms with Crippen LogP contribution in [0.2, 0.25) is 0 Å². The van der Waals surface area contributed by atoms with Gasteiger partial charge in [0.1, 0.15) is 5.82 Å². The van der Waals surface area contributed by atoms with E-state index in [0.29, 0.717) is 5.92 Å². The molecule has 1 saturated carbocycles. The van der Waals surface area contributed by atoms with Crippen LogP contribution in [0.1, 0.15) is 35.6 Å². The molecule has 0 atom stereocenters. The molecule has 0 unspecified atom stereocenters. The molecule has 1 N–H and O–H groups in total. The predicted octanol–water partition coefficient (Wildman–Crippen LogP) is 5.20. The summed E-state index contributed by atoms with van der Waals surface area (Å²) in [5.74, 6) is 2.23. The molecule has 1 aromatic carbocycles. The Balaban J connectivity index is 2.16. The lowest BCUT2D eigenvalue weighted by Crippen LogP contribution is -2.03. The highest BCUT2D eigenvalue weighted by Crippen LogP contribution is 2.44. The maximum Gasteiger partial charge on any atom is 0.161 e. The maximum absolute atomic E-state index is 4.81. The van der Waals surface area contributed by atoms with Crippen molar-refractivity contribution in [3.63, 3.8) is 0 Å². The van der Waals surface area contributed by atoms with E-state index in [0.717, 1.165) is 31.8 Å². The first-order valence-corrected chi connectivity index (χ1v) is 8.62. The van der Waals surface area contributed by atoms with Crippen LogP contribution < -0.4 is 5.32 Å². The number of aryl methyl sites for hydroxylation is 2. The first-order chi connectivity index (χ1) is 10.0. The Hall–Kier alpha value is -0.940. The zero-order chi connectivity index (χ0) is 15.1. The number of halogens is 2. The Labute approximate surface area is 141 Å². The van der Waals surface area contributed by atoms with E-state index in [1.807, 2.05) is 7.05 Å². The van der Waals surface area contributed by atoms with Crippen LogP contribution in [0.5, 0.6) is 0 Å². The van der Waals surface area contributed by atoms with Crippen LogP contribution >= 0.6 is 31.9 Å². The SMILES string of the molecule is CNc1nc(-c2cc(C)c(Br)c(C)c2)nc(C2CC2)c1Br. The van der Waals surface area contributed by atoms with E-state index >= 15 is 0 Å². The van der Waals surface area contributed by atoms with Crippen molar-refractivity contribution in [3.05, 3.63) is 37.9 Å². The van der Waals surface area contributed by atoms with Gasteiger partial charge in [0.05, 0.1) is 10.2 Å². The van der Waals surface area contributed by atoms with Crippen molar-refractivity contribution in [2.45, 2.75) is 32.6 Å². The monoisotopic (exact) mass is 409 g/mol. The number of nitrogens with one attached hydrogen (secondary N) is 1. The van der Waals surface area contributed by atoms with Crippen molar-refractivity contribution in [1.29, 1.82) is 0 Å². The van der Waals surface area contributed by atoms with Gasteiger partial charge >= 0.3 is 0 Å². The molecule has 5 heteroatoms. The Bertz CT molecular complexity index is 686. The summed E-state index contributed by atoms with van der Waals surface area (Å²) in [5, 5.41) is 3.16. The number of nitrogens with zero attached hydrogens (tertiary/aromatic N) is 2. The predicted molar refractivity (Wildman–Crippen MR) is 93.9 cm³/mol. The third-order valence-corrected chi connectivity index (χ3v) is 5.80. The first kappa shape index (κ1) is 15.0. The lowest BCUT2D eigenvalue weighted by atomic mass is 10.1. The van der Waals surface area contributed by atoms with E-state index in [2.05, 4.69) is 68.1 Å². The van der Waals surface area contributed by atoms with Crippen LogP contribution in [0.25, 0.3) is 11.4 Å². The normalized spacial score (nSPS) is 14.3. The van der Waals surface area contributed by atoms with Crippen LogP contribution in [0.3, 0.4) is 0 Å². The van der Waals surface area contributed by atoms with Gasteiger partial charge in [0.2, 0.25) is 0 Å². The number of benzene rings is 1. The molecule has 0 bridgehead atoms. The second kappa shape index (κ2) is 5.69. The van der Waals surface area contributed by atoms with Gasteiger partial charge in [0.25, 0.3) is 0 Å². The summed E-state index contributed by atoms with van der Waals surface area (Å²) >= 11 is 7.25. The summed E-state index contributed by atoms with van der Waals surface area (Å²) in [6.45, 7) is 4.19. The highest BCUT2D eigenvalue weighted by molar-refractivity contribution is 9.11. The second-order valence-electron chi connectivity index (χ2n) is 5.54. The molecule has 1 aromatic heterocycles. The fourth-order valence-corrected chi connectivity index (χ4v) is 3.39. The number of anilines is 1. The molecule has 1 heterocycles. The van der Waals surface area contributed by atoms with Gasteiger partial charge in [-0.25, -0.2) is 9.97 Å². The largest absolute Gasteiger partial charge is 0.372 e.